The first kappa shape index (κ1) is 17.1. The predicted molar refractivity (Wildman–Crippen MR) is 87.7 cm³/mol. The van der Waals surface area contributed by atoms with Crippen molar-refractivity contribution in [2.75, 3.05) is 32.8 Å². The predicted octanol–water partition coefficient (Wildman–Crippen LogP) is 2.18. The lowest BCUT2D eigenvalue weighted by Gasteiger charge is -2.43. The minimum atomic E-state index is -0.106. The average Bonchev–Trinajstić information content (AvgIpc) is 3.03. The maximum absolute atomic E-state index is 12.3. The molecule has 1 aromatic heterocycles. The van der Waals surface area contributed by atoms with Gasteiger partial charge in [-0.1, -0.05) is 6.92 Å². The fourth-order valence-electron chi connectivity index (χ4n) is 2.57. The van der Waals surface area contributed by atoms with Crippen LogP contribution in [0.2, 0.25) is 0 Å². The van der Waals surface area contributed by atoms with Crippen molar-refractivity contribution < 1.29 is 14.3 Å². The first-order valence-corrected chi connectivity index (χ1v) is 8.49. The van der Waals surface area contributed by atoms with Crippen LogP contribution in [0.25, 0.3) is 0 Å². The summed E-state index contributed by atoms with van der Waals surface area (Å²) < 4.78 is 5.40. The second kappa shape index (κ2) is 7.35. The molecular formula is C16H24N2O3S. The second-order valence-corrected chi connectivity index (χ2v) is 6.94. The summed E-state index contributed by atoms with van der Waals surface area (Å²) in [6.45, 7) is 9.71. The Hall–Kier alpha value is -1.24. The summed E-state index contributed by atoms with van der Waals surface area (Å²) in [4.78, 5) is 27.2. The smallest absolute Gasteiger partial charge is 0.261 e. The van der Waals surface area contributed by atoms with Crippen molar-refractivity contribution in [3.05, 3.63) is 21.9 Å². The number of morpholine rings is 1. The molecule has 1 saturated heterocycles. The van der Waals surface area contributed by atoms with E-state index in [1.807, 2.05) is 0 Å². The highest BCUT2D eigenvalue weighted by molar-refractivity contribution is 7.15. The normalized spacial score (nSPS) is 18.7. The Labute approximate surface area is 135 Å². The molecule has 1 amide bonds. The Kier molecular flexibility index (Phi) is 5.72. The topological polar surface area (TPSA) is 58.6 Å². The molecule has 0 saturated carbocycles. The number of nitrogens with one attached hydrogen (secondary N) is 1. The third-order valence-corrected chi connectivity index (χ3v) is 5.53. The number of carbonyl (C=O) groups is 2. The molecule has 1 aromatic rings. The number of rotatable bonds is 6. The standard InChI is InChI=1S/C16H24N2O3S/c1-4-16(3,18-7-9-21-10-8-18)11-17-15(20)14-6-5-13(22-14)12(2)19/h5-6H,4,7-11H2,1-3H3,(H,17,20)/t16-/m1/s1. The Morgan fingerprint density at radius 2 is 1.95 bits per heavy atom. The van der Waals surface area contributed by atoms with Gasteiger partial charge in [0.2, 0.25) is 0 Å². The Balaban J connectivity index is 1.96. The van der Waals surface area contributed by atoms with Crippen molar-refractivity contribution in [3.63, 3.8) is 0 Å². The maximum Gasteiger partial charge on any atom is 0.261 e. The van der Waals surface area contributed by atoms with Crippen molar-refractivity contribution >= 4 is 23.0 Å². The minimum absolute atomic E-state index is 0.00392. The first-order chi connectivity index (χ1) is 10.5. The van der Waals surface area contributed by atoms with E-state index in [1.165, 1.54) is 18.3 Å². The zero-order chi connectivity index (χ0) is 16.2. The fourth-order valence-corrected chi connectivity index (χ4v) is 3.39. The molecule has 122 valence electrons. The summed E-state index contributed by atoms with van der Waals surface area (Å²) >= 11 is 1.25. The van der Waals surface area contributed by atoms with Crippen LogP contribution in [0, 0.1) is 0 Å². The van der Waals surface area contributed by atoms with Gasteiger partial charge < -0.3 is 10.1 Å². The van der Waals surface area contributed by atoms with Crippen molar-refractivity contribution in [2.24, 2.45) is 0 Å². The molecule has 0 radical (unpaired) electrons. The van der Waals surface area contributed by atoms with Crippen LogP contribution < -0.4 is 5.32 Å². The van der Waals surface area contributed by atoms with Gasteiger partial charge in [0.1, 0.15) is 0 Å². The van der Waals surface area contributed by atoms with Gasteiger partial charge in [0.25, 0.3) is 5.91 Å². The largest absolute Gasteiger partial charge is 0.379 e. The maximum atomic E-state index is 12.3. The molecule has 5 nitrogen and oxygen atoms in total. The van der Waals surface area contributed by atoms with Crippen LogP contribution in [0.3, 0.4) is 0 Å². The van der Waals surface area contributed by atoms with E-state index in [0.29, 0.717) is 16.3 Å². The second-order valence-electron chi connectivity index (χ2n) is 5.85. The van der Waals surface area contributed by atoms with Crippen LogP contribution in [0.1, 0.15) is 46.5 Å². The molecule has 1 aliphatic heterocycles. The van der Waals surface area contributed by atoms with Gasteiger partial charge in [-0.15, -0.1) is 11.3 Å². The molecule has 2 rings (SSSR count). The lowest BCUT2D eigenvalue weighted by Crippen LogP contribution is -2.56. The lowest BCUT2D eigenvalue weighted by molar-refractivity contribution is -0.0169. The van der Waals surface area contributed by atoms with Crippen LogP contribution in [0.5, 0.6) is 0 Å². The fraction of sp³-hybridized carbons (Fsp3) is 0.625. The van der Waals surface area contributed by atoms with Gasteiger partial charge in [-0.3, -0.25) is 14.5 Å². The van der Waals surface area contributed by atoms with Crippen molar-refractivity contribution in [3.8, 4) is 0 Å². The number of ether oxygens (including phenoxy) is 1. The summed E-state index contributed by atoms with van der Waals surface area (Å²) in [5.41, 5.74) is -0.0693. The third-order valence-electron chi connectivity index (χ3n) is 4.34. The molecule has 1 fully saturated rings. The molecule has 0 spiro atoms. The summed E-state index contributed by atoms with van der Waals surface area (Å²) in [7, 11) is 0. The molecule has 0 bridgehead atoms. The Morgan fingerprint density at radius 1 is 1.32 bits per heavy atom. The van der Waals surface area contributed by atoms with E-state index in [-0.39, 0.29) is 17.2 Å². The SMILES string of the molecule is CC[C@](C)(CNC(=O)c1ccc(C(C)=O)s1)N1CCOCC1. The third kappa shape index (κ3) is 3.94. The van der Waals surface area contributed by atoms with Gasteiger partial charge >= 0.3 is 0 Å². The number of thiophene rings is 1. The summed E-state index contributed by atoms with van der Waals surface area (Å²) in [6.07, 6.45) is 0.955. The molecule has 0 aromatic carbocycles. The van der Waals surface area contributed by atoms with E-state index in [2.05, 4.69) is 24.1 Å². The number of hydrogen-bond acceptors (Lipinski definition) is 5. The Bertz CT molecular complexity index is 537. The van der Waals surface area contributed by atoms with Gasteiger partial charge in [-0.2, -0.15) is 0 Å². The van der Waals surface area contributed by atoms with E-state index in [0.717, 1.165) is 32.7 Å². The highest BCUT2D eigenvalue weighted by Crippen LogP contribution is 2.21. The van der Waals surface area contributed by atoms with E-state index >= 15 is 0 Å². The molecule has 22 heavy (non-hydrogen) atoms. The first-order valence-electron chi connectivity index (χ1n) is 7.68. The summed E-state index contributed by atoms with van der Waals surface area (Å²) in [5.74, 6) is -0.110. The van der Waals surface area contributed by atoms with Crippen LogP contribution in [-0.2, 0) is 4.74 Å². The molecule has 0 aliphatic carbocycles. The van der Waals surface area contributed by atoms with Crippen molar-refractivity contribution in [2.45, 2.75) is 32.7 Å². The number of hydrogen-bond donors (Lipinski definition) is 1. The van der Waals surface area contributed by atoms with E-state index < -0.39 is 0 Å². The van der Waals surface area contributed by atoms with Gasteiger partial charge in [-0.05, 0) is 32.4 Å². The number of amides is 1. The zero-order valence-electron chi connectivity index (χ0n) is 13.5. The van der Waals surface area contributed by atoms with Gasteiger partial charge in [0, 0.05) is 25.2 Å². The number of Topliss-reactive ketones (excluding diaryl/α,β-unsaturated/α-hetero) is 1. The molecule has 0 unspecified atom stereocenters. The van der Waals surface area contributed by atoms with E-state index in [4.69, 9.17) is 4.74 Å². The van der Waals surface area contributed by atoms with E-state index in [1.54, 1.807) is 12.1 Å². The Morgan fingerprint density at radius 3 is 2.50 bits per heavy atom. The number of carbonyl (C=O) groups excluding carboxylic acids is 2. The van der Waals surface area contributed by atoms with Crippen LogP contribution in [-0.4, -0.2) is 55.0 Å². The molecule has 1 atom stereocenters. The summed E-state index contributed by atoms with van der Waals surface area (Å²) in [6, 6.07) is 3.43. The monoisotopic (exact) mass is 324 g/mol. The lowest BCUT2D eigenvalue weighted by atomic mass is 9.95. The quantitative estimate of drug-likeness (QED) is 0.815. The molecule has 6 heteroatoms. The van der Waals surface area contributed by atoms with Crippen LogP contribution >= 0.6 is 11.3 Å². The van der Waals surface area contributed by atoms with Gasteiger partial charge in [0.05, 0.1) is 23.0 Å². The van der Waals surface area contributed by atoms with Crippen molar-refractivity contribution in [1.29, 1.82) is 0 Å². The highest BCUT2D eigenvalue weighted by atomic mass is 32.1. The van der Waals surface area contributed by atoms with Gasteiger partial charge in [0.15, 0.2) is 5.78 Å². The van der Waals surface area contributed by atoms with Crippen molar-refractivity contribution in [1.82, 2.24) is 10.2 Å². The molecule has 2 heterocycles. The van der Waals surface area contributed by atoms with Crippen LogP contribution in [0.15, 0.2) is 12.1 Å². The average molecular weight is 324 g/mol. The van der Waals surface area contributed by atoms with Crippen LogP contribution in [0.4, 0.5) is 0 Å². The molecule has 1 aliphatic rings. The summed E-state index contributed by atoms with van der Waals surface area (Å²) in [5, 5.41) is 3.02. The minimum Gasteiger partial charge on any atom is -0.379 e. The number of ketones is 1. The zero-order valence-corrected chi connectivity index (χ0v) is 14.3. The van der Waals surface area contributed by atoms with Gasteiger partial charge in [-0.25, -0.2) is 0 Å². The molecule has 1 N–H and O–H groups in total. The number of nitrogens with zero attached hydrogens (tertiary/aromatic N) is 1. The van der Waals surface area contributed by atoms with E-state index in [9.17, 15) is 9.59 Å². The molecular weight excluding hydrogens is 300 g/mol. The highest BCUT2D eigenvalue weighted by Gasteiger charge is 2.31.